The Morgan fingerprint density at radius 2 is 1.85 bits per heavy atom. The van der Waals surface area contributed by atoms with Crippen LogP contribution in [0.1, 0.15) is 5.56 Å². The number of hydrogen-bond donors (Lipinski definition) is 1. The predicted molar refractivity (Wildman–Crippen MR) is 103 cm³/mol. The molecule has 0 fully saturated rings. The number of quaternary nitrogens is 1. The summed E-state index contributed by atoms with van der Waals surface area (Å²) in [4.78, 5) is 5.26. The average Bonchev–Trinajstić information content (AvgIpc) is 2.98. The molecule has 0 radical (unpaired) electrons. The number of aromatic nitrogens is 4. The van der Waals surface area contributed by atoms with Crippen LogP contribution in [-0.2, 0) is 24.5 Å². The quantitative estimate of drug-likeness (QED) is 0.599. The first-order chi connectivity index (χ1) is 13.1. The zero-order valence-corrected chi connectivity index (χ0v) is 16.2. The summed E-state index contributed by atoms with van der Waals surface area (Å²) in [5.74, 6) is 0.575. The highest BCUT2D eigenvalue weighted by Crippen LogP contribution is 2.17. The first kappa shape index (κ1) is 19.3. The van der Waals surface area contributed by atoms with E-state index in [0.29, 0.717) is 24.6 Å². The first-order valence-electron chi connectivity index (χ1n) is 8.71. The van der Waals surface area contributed by atoms with Crippen molar-refractivity contribution in [3.8, 4) is 11.4 Å². The molecule has 0 aliphatic rings. The summed E-state index contributed by atoms with van der Waals surface area (Å²) in [5.41, 5.74) is 2.02. The molecule has 0 bridgehead atoms. The zero-order chi connectivity index (χ0) is 19.2. The Balaban J connectivity index is 1.83. The van der Waals surface area contributed by atoms with Gasteiger partial charge in [-0.3, -0.25) is 9.55 Å². The van der Waals surface area contributed by atoms with E-state index in [0.717, 1.165) is 23.5 Å². The van der Waals surface area contributed by atoms with Gasteiger partial charge in [0.05, 0.1) is 20.2 Å². The van der Waals surface area contributed by atoms with Crippen LogP contribution in [0.4, 0.5) is 4.39 Å². The molecule has 1 atom stereocenters. The SMILES string of the molecule is COCCn1c(-c2ccncc2)nn(C[NH+](C)Cc2ccc(F)cc2)c1=S. The van der Waals surface area contributed by atoms with Gasteiger partial charge in [0.2, 0.25) is 4.77 Å². The lowest BCUT2D eigenvalue weighted by atomic mass is 10.2. The van der Waals surface area contributed by atoms with Gasteiger partial charge in [-0.15, -0.1) is 5.10 Å². The molecule has 0 aliphatic heterocycles. The number of nitrogens with zero attached hydrogens (tertiary/aromatic N) is 4. The highest BCUT2D eigenvalue weighted by molar-refractivity contribution is 7.71. The second-order valence-electron chi connectivity index (χ2n) is 6.40. The fraction of sp³-hybridized carbons (Fsp3) is 0.316. The van der Waals surface area contributed by atoms with Crippen LogP contribution in [0.25, 0.3) is 11.4 Å². The number of methoxy groups -OCH3 is 1. The summed E-state index contributed by atoms with van der Waals surface area (Å²) >= 11 is 5.66. The van der Waals surface area contributed by atoms with Gasteiger partial charge in [0, 0.05) is 30.6 Å². The predicted octanol–water partition coefficient (Wildman–Crippen LogP) is 1.93. The number of ether oxygens (including phenoxy) is 1. The molecule has 3 aromatic rings. The van der Waals surface area contributed by atoms with Gasteiger partial charge < -0.3 is 9.64 Å². The Kier molecular flexibility index (Phi) is 6.44. The van der Waals surface area contributed by atoms with Crippen molar-refractivity contribution in [3.05, 3.63) is 64.9 Å². The minimum absolute atomic E-state index is 0.225. The topological polar surface area (TPSA) is 49.3 Å². The third-order valence-electron chi connectivity index (χ3n) is 4.22. The van der Waals surface area contributed by atoms with Crippen molar-refractivity contribution >= 4 is 12.2 Å². The van der Waals surface area contributed by atoms with Gasteiger partial charge in [-0.1, -0.05) is 12.1 Å². The van der Waals surface area contributed by atoms with Gasteiger partial charge in [-0.2, -0.15) is 4.68 Å². The lowest BCUT2D eigenvalue weighted by Crippen LogP contribution is -3.07. The molecule has 6 nitrogen and oxygen atoms in total. The molecule has 0 aliphatic carbocycles. The largest absolute Gasteiger partial charge is 0.383 e. The van der Waals surface area contributed by atoms with Crippen molar-refractivity contribution in [2.24, 2.45) is 0 Å². The van der Waals surface area contributed by atoms with Gasteiger partial charge >= 0.3 is 0 Å². The van der Waals surface area contributed by atoms with Gasteiger partial charge in [0.25, 0.3) is 0 Å². The monoisotopic (exact) mass is 388 g/mol. The molecule has 0 spiro atoms. The van der Waals surface area contributed by atoms with E-state index in [4.69, 9.17) is 22.1 Å². The number of benzene rings is 1. The number of hydrogen-bond acceptors (Lipinski definition) is 4. The molecular formula is C19H23FN5OS+. The van der Waals surface area contributed by atoms with Crippen LogP contribution in [-0.4, -0.2) is 40.1 Å². The molecule has 142 valence electrons. The molecule has 2 heterocycles. The summed E-state index contributed by atoms with van der Waals surface area (Å²) in [7, 11) is 3.73. The van der Waals surface area contributed by atoms with E-state index in [1.54, 1.807) is 31.6 Å². The van der Waals surface area contributed by atoms with Crippen LogP contribution in [0.2, 0.25) is 0 Å². The second kappa shape index (κ2) is 8.98. The van der Waals surface area contributed by atoms with E-state index in [2.05, 4.69) is 12.0 Å². The van der Waals surface area contributed by atoms with Crippen LogP contribution in [0.15, 0.2) is 48.8 Å². The maximum absolute atomic E-state index is 13.1. The fourth-order valence-corrected chi connectivity index (χ4v) is 3.19. The summed E-state index contributed by atoms with van der Waals surface area (Å²) in [6.45, 7) is 2.53. The molecule has 1 N–H and O–H groups in total. The van der Waals surface area contributed by atoms with E-state index in [1.807, 2.05) is 21.4 Å². The minimum atomic E-state index is -0.225. The molecule has 0 saturated carbocycles. The van der Waals surface area contributed by atoms with Gasteiger partial charge in [0.15, 0.2) is 12.5 Å². The van der Waals surface area contributed by atoms with Gasteiger partial charge in [-0.05, 0) is 36.5 Å². The van der Waals surface area contributed by atoms with E-state index in [9.17, 15) is 4.39 Å². The lowest BCUT2D eigenvalue weighted by molar-refractivity contribution is -0.917. The van der Waals surface area contributed by atoms with Crippen LogP contribution < -0.4 is 4.90 Å². The Hall–Kier alpha value is -2.42. The van der Waals surface area contributed by atoms with E-state index in [1.165, 1.54) is 17.0 Å². The zero-order valence-electron chi connectivity index (χ0n) is 15.4. The number of halogens is 1. The molecule has 27 heavy (non-hydrogen) atoms. The number of pyridine rings is 1. The number of nitrogens with one attached hydrogen (secondary N) is 1. The minimum Gasteiger partial charge on any atom is -0.383 e. The Morgan fingerprint density at radius 1 is 1.15 bits per heavy atom. The third-order valence-corrected chi connectivity index (χ3v) is 4.65. The summed E-state index contributed by atoms with van der Waals surface area (Å²) < 4.78 is 22.8. The van der Waals surface area contributed by atoms with Gasteiger partial charge in [-0.25, -0.2) is 4.39 Å². The smallest absolute Gasteiger partial charge is 0.203 e. The molecular weight excluding hydrogens is 365 g/mol. The maximum atomic E-state index is 13.1. The summed E-state index contributed by atoms with van der Waals surface area (Å²) in [5, 5.41) is 4.74. The summed E-state index contributed by atoms with van der Waals surface area (Å²) in [6, 6.07) is 10.4. The molecule has 1 aromatic carbocycles. The van der Waals surface area contributed by atoms with Crippen LogP contribution in [0.3, 0.4) is 0 Å². The molecule has 0 saturated heterocycles. The van der Waals surface area contributed by atoms with E-state index < -0.39 is 0 Å². The van der Waals surface area contributed by atoms with E-state index in [-0.39, 0.29) is 5.82 Å². The molecule has 8 heteroatoms. The normalized spacial score (nSPS) is 12.3. The standard InChI is InChI=1S/C19H22FN5OS/c1-23(13-15-3-5-17(20)6-4-15)14-25-19(27)24(11-12-26-2)18(22-25)16-7-9-21-10-8-16/h3-10H,11-14H2,1-2H3/p+1. The Morgan fingerprint density at radius 3 is 2.52 bits per heavy atom. The molecule has 3 rings (SSSR count). The molecule has 1 unspecified atom stereocenters. The average molecular weight is 388 g/mol. The van der Waals surface area contributed by atoms with Crippen molar-refractivity contribution in [1.82, 2.24) is 19.3 Å². The number of rotatable bonds is 8. The third kappa shape index (κ3) is 4.85. The Labute approximate surface area is 162 Å². The maximum Gasteiger partial charge on any atom is 0.203 e. The van der Waals surface area contributed by atoms with Crippen LogP contribution >= 0.6 is 12.2 Å². The first-order valence-corrected chi connectivity index (χ1v) is 9.12. The van der Waals surface area contributed by atoms with Crippen molar-refractivity contribution in [2.75, 3.05) is 20.8 Å². The van der Waals surface area contributed by atoms with E-state index >= 15 is 0 Å². The van der Waals surface area contributed by atoms with Crippen molar-refractivity contribution in [1.29, 1.82) is 0 Å². The van der Waals surface area contributed by atoms with Crippen molar-refractivity contribution in [2.45, 2.75) is 19.8 Å². The van der Waals surface area contributed by atoms with Crippen molar-refractivity contribution in [3.63, 3.8) is 0 Å². The van der Waals surface area contributed by atoms with Crippen LogP contribution in [0, 0.1) is 10.6 Å². The van der Waals surface area contributed by atoms with Gasteiger partial charge in [0.1, 0.15) is 12.4 Å². The van der Waals surface area contributed by atoms with Crippen LogP contribution in [0.5, 0.6) is 0 Å². The highest BCUT2D eigenvalue weighted by Gasteiger charge is 2.15. The fourth-order valence-electron chi connectivity index (χ4n) is 2.90. The highest BCUT2D eigenvalue weighted by atomic mass is 32.1. The molecule has 2 aromatic heterocycles. The molecule has 0 amide bonds. The summed E-state index contributed by atoms with van der Waals surface area (Å²) in [6.07, 6.45) is 3.48. The Bertz CT molecular complexity index is 924. The lowest BCUT2D eigenvalue weighted by Gasteiger charge is -2.13. The van der Waals surface area contributed by atoms with Crippen molar-refractivity contribution < 1.29 is 14.0 Å². The second-order valence-corrected chi connectivity index (χ2v) is 6.77.